The second-order valence-corrected chi connectivity index (χ2v) is 2.30. The zero-order valence-corrected chi connectivity index (χ0v) is 7.52. The molecule has 0 saturated carbocycles. The minimum absolute atomic E-state index is 0.128. The fourth-order valence-corrected chi connectivity index (χ4v) is 0.718. The third-order valence-corrected chi connectivity index (χ3v) is 1.36. The van der Waals surface area contributed by atoms with E-state index in [2.05, 4.69) is 27.1 Å². The van der Waals surface area contributed by atoms with Crippen LogP contribution in [0.4, 0.5) is 11.6 Å². The Labute approximate surface area is 80.5 Å². The van der Waals surface area contributed by atoms with Crippen LogP contribution in [0.15, 0.2) is 12.4 Å². The summed E-state index contributed by atoms with van der Waals surface area (Å²) >= 11 is 0. The van der Waals surface area contributed by atoms with Crippen LogP contribution in [-0.4, -0.2) is 21.4 Å². The molecule has 0 saturated heterocycles. The molecule has 1 rings (SSSR count). The van der Waals surface area contributed by atoms with Gasteiger partial charge in [-0.3, -0.25) is 10.1 Å². The summed E-state index contributed by atoms with van der Waals surface area (Å²) in [6.45, 7) is 2.15. The second kappa shape index (κ2) is 4.77. The fourth-order valence-electron chi connectivity index (χ4n) is 0.718. The third-order valence-electron chi connectivity index (χ3n) is 1.36. The van der Waals surface area contributed by atoms with Gasteiger partial charge in [-0.25, -0.2) is 9.97 Å². The number of nitrogens with zero attached hydrogens (tertiary/aromatic N) is 3. The van der Waals surface area contributed by atoms with Gasteiger partial charge in [0.2, 0.25) is 5.95 Å². The zero-order chi connectivity index (χ0) is 10.4. The summed E-state index contributed by atoms with van der Waals surface area (Å²) in [5.41, 5.74) is -0.128. The molecule has 0 aliphatic rings. The second-order valence-electron chi connectivity index (χ2n) is 2.30. The minimum Gasteiger partial charge on any atom is -0.343 e. The molecule has 1 aromatic heterocycles. The average molecular weight is 192 g/mol. The zero-order valence-electron chi connectivity index (χ0n) is 7.52. The maximum Gasteiger partial charge on any atom is 0.305 e. The maximum absolute atomic E-state index is 10.3. The molecule has 0 fully saturated rings. The number of anilines is 1. The first-order valence-corrected chi connectivity index (χ1v) is 3.84. The SMILES string of the molecule is CC#CCNc1ncc([N+](=O)[O-])cn1. The lowest BCUT2D eigenvalue weighted by Crippen LogP contribution is -2.03. The molecular weight excluding hydrogens is 184 g/mol. The van der Waals surface area contributed by atoms with Gasteiger partial charge in [-0.1, -0.05) is 5.92 Å². The van der Waals surface area contributed by atoms with Crippen molar-refractivity contribution in [3.8, 4) is 11.8 Å². The summed E-state index contributed by atoms with van der Waals surface area (Å²) in [7, 11) is 0. The van der Waals surface area contributed by atoms with Crippen molar-refractivity contribution in [2.24, 2.45) is 0 Å². The van der Waals surface area contributed by atoms with Crippen LogP contribution in [0.2, 0.25) is 0 Å². The van der Waals surface area contributed by atoms with Crippen molar-refractivity contribution < 1.29 is 4.92 Å². The number of aromatic nitrogens is 2. The van der Waals surface area contributed by atoms with Gasteiger partial charge in [0, 0.05) is 0 Å². The standard InChI is InChI=1S/C8H8N4O2/c1-2-3-4-9-8-10-5-7(6-11-8)12(13)14/h5-6H,4H2,1H3,(H,9,10,11). The molecule has 0 spiro atoms. The first-order chi connectivity index (χ1) is 6.74. The largest absolute Gasteiger partial charge is 0.343 e. The number of rotatable bonds is 3. The van der Waals surface area contributed by atoms with E-state index in [4.69, 9.17) is 0 Å². The predicted molar refractivity (Wildman–Crippen MR) is 50.6 cm³/mol. The Morgan fingerprint density at radius 2 is 2.21 bits per heavy atom. The Morgan fingerprint density at radius 3 is 2.71 bits per heavy atom. The van der Waals surface area contributed by atoms with Crippen molar-refractivity contribution in [2.75, 3.05) is 11.9 Å². The van der Waals surface area contributed by atoms with Gasteiger partial charge in [0.05, 0.1) is 11.5 Å². The topological polar surface area (TPSA) is 81.0 Å². The van der Waals surface area contributed by atoms with Crippen molar-refractivity contribution in [2.45, 2.75) is 6.92 Å². The Hall–Kier alpha value is -2.16. The van der Waals surface area contributed by atoms with Crippen molar-refractivity contribution in [3.05, 3.63) is 22.5 Å². The lowest BCUT2D eigenvalue weighted by atomic mass is 10.5. The summed E-state index contributed by atoms with van der Waals surface area (Å²) < 4.78 is 0. The molecular formula is C8H8N4O2. The summed E-state index contributed by atoms with van der Waals surface area (Å²) in [5.74, 6) is 5.78. The number of nitrogens with one attached hydrogen (secondary N) is 1. The first-order valence-electron chi connectivity index (χ1n) is 3.84. The van der Waals surface area contributed by atoms with E-state index in [9.17, 15) is 10.1 Å². The van der Waals surface area contributed by atoms with Gasteiger partial charge in [-0.2, -0.15) is 0 Å². The van der Waals surface area contributed by atoms with E-state index in [-0.39, 0.29) is 5.69 Å². The molecule has 0 unspecified atom stereocenters. The third kappa shape index (κ3) is 2.71. The van der Waals surface area contributed by atoms with Crippen LogP contribution < -0.4 is 5.32 Å². The minimum atomic E-state index is -0.546. The molecule has 72 valence electrons. The van der Waals surface area contributed by atoms with Crippen molar-refractivity contribution >= 4 is 11.6 Å². The smallest absolute Gasteiger partial charge is 0.305 e. The Kier molecular flexibility index (Phi) is 3.38. The summed E-state index contributed by atoms with van der Waals surface area (Å²) in [6.07, 6.45) is 2.30. The van der Waals surface area contributed by atoms with Crippen LogP contribution >= 0.6 is 0 Å². The molecule has 6 nitrogen and oxygen atoms in total. The van der Waals surface area contributed by atoms with E-state index in [1.165, 1.54) is 0 Å². The summed E-state index contributed by atoms with van der Waals surface area (Å²) in [6, 6.07) is 0. The lowest BCUT2D eigenvalue weighted by Gasteiger charge is -1.97. The summed E-state index contributed by atoms with van der Waals surface area (Å²) in [4.78, 5) is 17.2. The van der Waals surface area contributed by atoms with Crippen molar-refractivity contribution in [3.63, 3.8) is 0 Å². The van der Waals surface area contributed by atoms with Gasteiger partial charge < -0.3 is 5.32 Å². The van der Waals surface area contributed by atoms with Gasteiger partial charge in [-0.05, 0) is 6.92 Å². The molecule has 0 aliphatic heterocycles. The van der Waals surface area contributed by atoms with Crippen molar-refractivity contribution in [1.29, 1.82) is 0 Å². The van der Waals surface area contributed by atoms with Crippen LogP contribution in [0.25, 0.3) is 0 Å². The first kappa shape index (κ1) is 9.92. The summed E-state index contributed by atoms with van der Waals surface area (Å²) in [5, 5.41) is 13.0. The highest BCUT2D eigenvalue weighted by Crippen LogP contribution is 2.07. The number of hydrogen-bond acceptors (Lipinski definition) is 5. The van der Waals surface area contributed by atoms with Crippen LogP contribution in [0.3, 0.4) is 0 Å². The normalized spacial score (nSPS) is 8.64. The van der Waals surface area contributed by atoms with E-state index in [0.29, 0.717) is 12.5 Å². The van der Waals surface area contributed by atoms with E-state index in [1.54, 1.807) is 6.92 Å². The number of hydrogen-bond donors (Lipinski definition) is 1. The lowest BCUT2D eigenvalue weighted by molar-refractivity contribution is -0.385. The molecule has 14 heavy (non-hydrogen) atoms. The molecule has 0 radical (unpaired) electrons. The Bertz CT molecular complexity index is 377. The Balaban J connectivity index is 2.62. The average Bonchev–Trinajstić information content (AvgIpc) is 2.19. The fraction of sp³-hybridized carbons (Fsp3) is 0.250. The van der Waals surface area contributed by atoms with Crippen LogP contribution in [0, 0.1) is 22.0 Å². The van der Waals surface area contributed by atoms with Gasteiger partial charge in [0.25, 0.3) is 0 Å². The van der Waals surface area contributed by atoms with Gasteiger partial charge in [0.15, 0.2) is 0 Å². The quantitative estimate of drug-likeness (QED) is 0.435. The maximum atomic E-state index is 10.3. The van der Waals surface area contributed by atoms with Crippen LogP contribution in [0.1, 0.15) is 6.92 Å². The Morgan fingerprint density at radius 1 is 1.57 bits per heavy atom. The predicted octanol–water partition coefficient (Wildman–Crippen LogP) is 0.820. The van der Waals surface area contributed by atoms with E-state index in [0.717, 1.165) is 12.4 Å². The molecule has 0 bridgehead atoms. The van der Waals surface area contributed by atoms with Gasteiger partial charge in [-0.15, -0.1) is 5.92 Å². The van der Waals surface area contributed by atoms with E-state index < -0.39 is 4.92 Å². The molecule has 0 aromatic carbocycles. The molecule has 1 aromatic rings. The van der Waals surface area contributed by atoms with E-state index >= 15 is 0 Å². The van der Waals surface area contributed by atoms with Gasteiger partial charge in [0.1, 0.15) is 12.4 Å². The molecule has 6 heteroatoms. The highest BCUT2D eigenvalue weighted by atomic mass is 16.6. The van der Waals surface area contributed by atoms with Crippen LogP contribution in [-0.2, 0) is 0 Å². The highest BCUT2D eigenvalue weighted by molar-refractivity contribution is 5.31. The highest BCUT2D eigenvalue weighted by Gasteiger charge is 2.05. The van der Waals surface area contributed by atoms with Crippen LogP contribution in [0.5, 0.6) is 0 Å². The molecule has 1 heterocycles. The van der Waals surface area contributed by atoms with Crippen molar-refractivity contribution in [1.82, 2.24) is 9.97 Å². The molecule has 0 atom stereocenters. The molecule has 1 N–H and O–H groups in total. The number of nitro groups is 1. The van der Waals surface area contributed by atoms with Gasteiger partial charge >= 0.3 is 5.69 Å². The van der Waals surface area contributed by atoms with E-state index in [1.807, 2.05) is 0 Å². The molecule has 0 aliphatic carbocycles. The monoisotopic (exact) mass is 192 g/mol. The molecule has 0 amide bonds.